The Morgan fingerprint density at radius 2 is 1.94 bits per heavy atom. The fourth-order valence-corrected chi connectivity index (χ4v) is 4.03. The minimum absolute atomic E-state index is 0.436. The van der Waals surface area contributed by atoms with Crippen LogP contribution in [0.4, 0.5) is 17.3 Å². The number of hydrogen-bond donors (Lipinski definition) is 2. The van der Waals surface area contributed by atoms with Gasteiger partial charge >= 0.3 is 0 Å². The number of fused-ring (bicyclic) bond motifs is 1. The van der Waals surface area contributed by atoms with Crippen molar-refractivity contribution in [1.82, 2.24) is 19.7 Å². The molecule has 2 heterocycles. The number of nitrogens with zero attached hydrogens (tertiary/aromatic N) is 4. The molecule has 1 aromatic carbocycles. The summed E-state index contributed by atoms with van der Waals surface area (Å²) < 4.78 is 13.4. The van der Waals surface area contributed by atoms with Crippen LogP contribution in [-0.2, 0) is 11.5 Å². The summed E-state index contributed by atoms with van der Waals surface area (Å²) in [5.74, 6) is 2.37. The van der Waals surface area contributed by atoms with E-state index in [2.05, 4.69) is 45.3 Å². The molecule has 8 nitrogen and oxygen atoms in total. The van der Waals surface area contributed by atoms with Crippen molar-refractivity contribution in [2.45, 2.75) is 58.2 Å². The third-order valence-corrected chi connectivity index (χ3v) is 7.13. The van der Waals surface area contributed by atoms with Gasteiger partial charge < -0.3 is 20.1 Å². The van der Waals surface area contributed by atoms with E-state index in [1.807, 2.05) is 29.9 Å². The van der Waals surface area contributed by atoms with E-state index < -0.39 is 8.07 Å². The Morgan fingerprint density at radius 3 is 2.65 bits per heavy atom. The summed E-state index contributed by atoms with van der Waals surface area (Å²) >= 11 is 0. The van der Waals surface area contributed by atoms with Gasteiger partial charge in [0.25, 0.3) is 0 Å². The number of anilines is 3. The van der Waals surface area contributed by atoms with Crippen molar-refractivity contribution in [1.29, 1.82) is 0 Å². The van der Waals surface area contributed by atoms with Crippen LogP contribution in [-0.4, -0.2) is 47.6 Å². The zero-order valence-corrected chi connectivity index (χ0v) is 20.0. The van der Waals surface area contributed by atoms with Crippen LogP contribution in [0.2, 0.25) is 25.7 Å². The van der Waals surface area contributed by atoms with Gasteiger partial charge in [-0.25, -0.2) is 14.6 Å². The van der Waals surface area contributed by atoms with E-state index in [0.29, 0.717) is 12.8 Å². The Balaban J connectivity index is 1.53. The lowest BCUT2D eigenvalue weighted by atomic mass is 10.2. The summed E-state index contributed by atoms with van der Waals surface area (Å²) in [7, 11) is 0.566. The fraction of sp³-hybridized carbons (Fsp3) is 0.500. The highest BCUT2D eigenvalue weighted by molar-refractivity contribution is 6.76. The summed E-state index contributed by atoms with van der Waals surface area (Å²) in [6.07, 6.45) is 5.83. The molecular formula is C22H32N6O2Si. The molecule has 1 aliphatic carbocycles. The Morgan fingerprint density at radius 1 is 1.16 bits per heavy atom. The largest absolute Gasteiger partial charge is 0.494 e. The Bertz CT molecular complexity index is 1060. The molecule has 1 fully saturated rings. The molecular weight excluding hydrogens is 408 g/mol. The molecule has 166 valence electrons. The van der Waals surface area contributed by atoms with Gasteiger partial charge in [-0.2, -0.15) is 5.10 Å². The molecule has 2 aromatic heterocycles. The highest BCUT2D eigenvalue weighted by Gasteiger charge is 2.23. The molecule has 3 aromatic rings. The molecule has 0 unspecified atom stereocenters. The van der Waals surface area contributed by atoms with Crippen molar-refractivity contribution in [3.05, 3.63) is 30.2 Å². The second-order valence-electron chi connectivity index (χ2n) is 9.34. The van der Waals surface area contributed by atoms with Gasteiger partial charge in [-0.1, -0.05) is 19.6 Å². The van der Waals surface area contributed by atoms with E-state index in [0.717, 1.165) is 52.2 Å². The van der Waals surface area contributed by atoms with E-state index in [4.69, 9.17) is 9.47 Å². The molecule has 2 N–H and O–H groups in total. The Kier molecular flexibility index (Phi) is 6.15. The van der Waals surface area contributed by atoms with Crippen LogP contribution >= 0.6 is 0 Å². The van der Waals surface area contributed by atoms with Crippen LogP contribution < -0.4 is 15.4 Å². The van der Waals surface area contributed by atoms with Crippen LogP contribution in [0.25, 0.3) is 10.9 Å². The molecule has 31 heavy (non-hydrogen) atoms. The zero-order valence-electron chi connectivity index (χ0n) is 19.0. The van der Waals surface area contributed by atoms with Gasteiger partial charge in [-0.3, -0.25) is 0 Å². The van der Waals surface area contributed by atoms with Gasteiger partial charge in [0.1, 0.15) is 30.4 Å². The molecule has 0 saturated heterocycles. The summed E-state index contributed by atoms with van der Waals surface area (Å²) in [6.45, 7) is 10.3. The van der Waals surface area contributed by atoms with E-state index >= 15 is 0 Å². The molecule has 1 saturated carbocycles. The number of methoxy groups -OCH3 is 1. The van der Waals surface area contributed by atoms with E-state index in [-0.39, 0.29) is 0 Å². The summed E-state index contributed by atoms with van der Waals surface area (Å²) in [6, 6.07) is 5.70. The van der Waals surface area contributed by atoms with Crippen molar-refractivity contribution in [3.8, 4) is 5.75 Å². The third kappa shape index (κ3) is 5.34. The predicted molar refractivity (Wildman–Crippen MR) is 127 cm³/mol. The normalized spacial score (nSPS) is 14.1. The first-order chi connectivity index (χ1) is 14.8. The quantitative estimate of drug-likeness (QED) is 0.347. The van der Waals surface area contributed by atoms with Gasteiger partial charge in [0.05, 0.1) is 24.5 Å². The van der Waals surface area contributed by atoms with Crippen molar-refractivity contribution in [3.63, 3.8) is 0 Å². The lowest BCUT2D eigenvalue weighted by Gasteiger charge is -2.16. The maximum atomic E-state index is 5.88. The first-order valence-electron chi connectivity index (χ1n) is 10.8. The van der Waals surface area contributed by atoms with E-state index in [9.17, 15) is 0 Å². The van der Waals surface area contributed by atoms with E-state index in [1.54, 1.807) is 13.4 Å². The van der Waals surface area contributed by atoms with Gasteiger partial charge in [0, 0.05) is 37.7 Å². The molecule has 0 aliphatic heterocycles. The summed E-state index contributed by atoms with van der Waals surface area (Å²) in [5.41, 5.74) is 2.81. The van der Waals surface area contributed by atoms with Gasteiger partial charge in [0.2, 0.25) is 0 Å². The predicted octanol–water partition coefficient (Wildman–Crippen LogP) is 4.77. The van der Waals surface area contributed by atoms with Crippen LogP contribution in [0.1, 0.15) is 18.4 Å². The number of aromatic nitrogens is 4. The van der Waals surface area contributed by atoms with Gasteiger partial charge in [0.15, 0.2) is 0 Å². The lowest BCUT2D eigenvalue weighted by Crippen LogP contribution is -2.22. The van der Waals surface area contributed by atoms with Crippen LogP contribution in [0.3, 0.4) is 0 Å². The SMILES string of the molecule is COc1cc2c(cnn2COCC[Si](C)(C)C)cc1Nc1ncnc(NC2CC2)c1C. The average Bonchev–Trinajstić information content (AvgIpc) is 3.46. The maximum Gasteiger partial charge on any atom is 0.144 e. The molecule has 9 heteroatoms. The summed E-state index contributed by atoms with van der Waals surface area (Å²) in [5, 5.41) is 12.4. The van der Waals surface area contributed by atoms with Crippen LogP contribution in [0, 0.1) is 6.92 Å². The average molecular weight is 441 g/mol. The Hall–Kier alpha value is -2.65. The number of rotatable bonds is 10. The molecule has 0 atom stereocenters. The Labute approximate surface area is 184 Å². The monoisotopic (exact) mass is 440 g/mol. The molecule has 1 aliphatic rings. The maximum absolute atomic E-state index is 5.88. The number of ether oxygens (including phenoxy) is 2. The standard InChI is InChI=1S/C22H32N6O2Si/c1-15-21(26-17-6-7-17)23-13-24-22(15)27-18-10-16-12-25-28(19(16)11-20(18)29-2)14-30-8-9-31(3,4)5/h10-13,17H,6-9,14H2,1-5H3,(H2,23,24,26,27). The lowest BCUT2D eigenvalue weighted by molar-refractivity contribution is 0.0817. The molecule has 0 spiro atoms. The fourth-order valence-electron chi connectivity index (χ4n) is 3.28. The van der Waals surface area contributed by atoms with Gasteiger partial charge in [-0.15, -0.1) is 0 Å². The van der Waals surface area contributed by atoms with Crippen molar-refractivity contribution in [2.24, 2.45) is 0 Å². The first kappa shape index (κ1) is 21.6. The molecule has 0 bridgehead atoms. The van der Waals surface area contributed by atoms with Crippen molar-refractivity contribution < 1.29 is 9.47 Å². The van der Waals surface area contributed by atoms with Crippen molar-refractivity contribution in [2.75, 3.05) is 24.4 Å². The zero-order chi connectivity index (χ0) is 22.0. The topological polar surface area (TPSA) is 86.1 Å². The van der Waals surface area contributed by atoms with Crippen LogP contribution in [0.15, 0.2) is 24.7 Å². The number of nitrogens with one attached hydrogen (secondary N) is 2. The van der Waals surface area contributed by atoms with E-state index in [1.165, 1.54) is 12.8 Å². The molecule has 0 radical (unpaired) electrons. The molecule has 0 amide bonds. The minimum atomic E-state index is -1.10. The van der Waals surface area contributed by atoms with Crippen LogP contribution in [0.5, 0.6) is 5.75 Å². The molecule has 4 rings (SSSR count). The first-order valence-corrected chi connectivity index (χ1v) is 14.5. The second-order valence-corrected chi connectivity index (χ2v) is 15.0. The highest BCUT2D eigenvalue weighted by Crippen LogP contribution is 2.34. The highest BCUT2D eigenvalue weighted by atomic mass is 28.3. The smallest absolute Gasteiger partial charge is 0.144 e. The van der Waals surface area contributed by atoms with Gasteiger partial charge in [-0.05, 0) is 31.9 Å². The number of hydrogen-bond acceptors (Lipinski definition) is 7. The minimum Gasteiger partial charge on any atom is -0.494 e. The summed E-state index contributed by atoms with van der Waals surface area (Å²) in [4.78, 5) is 8.83. The third-order valence-electron chi connectivity index (χ3n) is 5.43. The number of benzene rings is 1. The second kappa shape index (κ2) is 8.84. The van der Waals surface area contributed by atoms with Crippen molar-refractivity contribution >= 4 is 36.3 Å².